The van der Waals surface area contributed by atoms with Gasteiger partial charge in [0.1, 0.15) is 5.69 Å². The summed E-state index contributed by atoms with van der Waals surface area (Å²) in [6, 6.07) is 3.95. The van der Waals surface area contributed by atoms with Crippen LogP contribution in [0.1, 0.15) is 83.7 Å². The quantitative estimate of drug-likeness (QED) is 0.762. The monoisotopic (exact) mass is 395 g/mol. The van der Waals surface area contributed by atoms with Crippen LogP contribution in [0.4, 0.5) is 0 Å². The number of rotatable bonds is 5. The third kappa shape index (κ3) is 4.66. The highest BCUT2D eigenvalue weighted by Crippen LogP contribution is 2.23. The lowest BCUT2D eigenvalue weighted by molar-refractivity contribution is 0.0927. The van der Waals surface area contributed by atoms with E-state index in [1.807, 2.05) is 16.7 Å². The molecule has 2 aliphatic rings. The van der Waals surface area contributed by atoms with Gasteiger partial charge in [-0.2, -0.15) is 0 Å². The Morgan fingerprint density at radius 3 is 2.52 bits per heavy atom. The number of hydrogen-bond acceptors (Lipinski definition) is 4. The number of amides is 2. The number of nitrogens with one attached hydrogen (secondary N) is 2. The zero-order valence-electron chi connectivity index (χ0n) is 16.8. The Morgan fingerprint density at radius 1 is 1.00 bits per heavy atom. The first kappa shape index (κ1) is 19.6. The molecule has 7 nitrogen and oxygen atoms in total. The van der Waals surface area contributed by atoms with E-state index in [9.17, 15) is 9.59 Å². The molecule has 2 N–H and O–H groups in total. The minimum Gasteiger partial charge on any atom is -0.348 e. The number of aromatic nitrogens is 3. The molecule has 0 bridgehead atoms. The topological polar surface area (TPSA) is 88.9 Å². The van der Waals surface area contributed by atoms with E-state index in [-0.39, 0.29) is 17.9 Å². The Hall–Kier alpha value is -2.70. The Bertz CT molecular complexity index is 854. The van der Waals surface area contributed by atoms with Crippen molar-refractivity contribution < 1.29 is 9.59 Å². The molecule has 29 heavy (non-hydrogen) atoms. The summed E-state index contributed by atoms with van der Waals surface area (Å²) in [6.07, 6.45) is 13.1. The van der Waals surface area contributed by atoms with Crippen LogP contribution in [0.15, 0.2) is 24.5 Å². The second-order valence-electron chi connectivity index (χ2n) is 8.04. The highest BCUT2D eigenvalue weighted by molar-refractivity contribution is 5.97. The molecule has 2 aromatic rings. The number of carbonyl (C=O) groups excluding carboxylic acids is 2. The Labute approximate surface area is 171 Å². The van der Waals surface area contributed by atoms with Gasteiger partial charge in [-0.05, 0) is 49.8 Å². The van der Waals surface area contributed by atoms with Gasteiger partial charge >= 0.3 is 0 Å². The van der Waals surface area contributed by atoms with Gasteiger partial charge < -0.3 is 15.2 Å². The van der Waals surface area contributed by atoms with Gasteiger partial charge in [0.25, 0.3) is 11.8 Å². The predicted octanol–water partition coefficient (Wildman–Crippen LogP) is 3.00. The summed E-state index contributed by atoms with van der Waals surface area (Å²) < 4.78 is 1.94. The van der Waals surface area contributed by atoms with Crippen LogP contribution in [0, 0.1) is 0 Å². The average Bonchev–Trinajstić information content (AvgIpc) is 2.96. The van der Waals surface area contributed by atoms with Gasteiger partial charge in [0.15, 0.2) is 5.82 Å². The van der Waals surface area contributed by atoms with Gasteiger partial charge in [-0.3, -0.25) is 14.6 Å². The fraction of sp³-hybridized carbons (Fsp3) is 0.545. The minimum atomic E-state index is -0.238. The second kappa shape index (κ2) is 9.20. The molecule has 2 aromatic heterocycles. The van der Waals surface area contributed by atoms with Gasteiger partial charge in [0.2, 0.25) is 0 Å². The number of imidazole rings is 1. The minimum absolute atomic E-state index is 0.129. The smallest absolute Gasteiger partial charge is 0.287 e. The molecule has 0 aromatic carbocycles. The van der Waals surface area contributed by atoms with Crippen LogP contribution in [-0.4, -0.2) is 32.4 Å². The maximum atomic E-state index is 13.0. The lowest BCUT2D eigenvalue weighted by Crippen LogP contribution is -2.35. The highest BCUT2D eigenvalue weighted by atomic mass is 16.2. The fourth-order valence-electron chi connectivity index (χ4n) is 4.34. The van der Waals surface area contributed by atoms with Crippen LogP contribution in [-0.2, 0) is 19.5 Å². The maximum Gasteiger partial charge on any atom is 0.287 e. The standard InChI is InChI=1S/C22H29N5O2/c28-21(25-17-7-3-1-2-4-8-17)19-18-9-5-6-14-27(18)20(26-19)22(29)24-15-16-10-12-23-13-11-16/h10-13,17H,1-9,14-15H2,(H,24,29)(H,25,28). The van der Waals surface area contributed by atoms with Crippen molar-refractivity contribution in [2.75, 3.05) is 0 Å². The summed E-state index contributed by atoms with van der Waals surface area (Å²) in [5.41, 5.74) is 2.31. The summed E-state index contributed by atoms with van der Waals surface area (Å²) in [7, 11) is 0. The highest BCUT2D eigenvalue weighted by Gasteiger charge is 2.28. The fourth-order valence-corrected chi connectivity index (χ4v) is 4.34. The third-order valence-corrected chi connectivity index (χ3v) is 5.93. The van der Waals surface area contributed by atoms with Crippen molar-refractivity contribution in [1.82, 2.24) is 25.2 Å². The maximum absolute atomic E-state index is 13.0. The predicted molar refractivity (Wildman–Crippen MR) is 110 cm³/mol. The molecular formula is C22H29N5O2. The van der Waals surface area contributed by atoms with Crippen molar-refractivity contribution in [2.24, 2.45) is 0 Å². The van der Waals surface area contributed by atoms with Gasteiger partial charge in [0, 0.05) is 31.5 Å². The summed E-state index contributed by atoms with van der Waals surface area (Å²) in [5, 5.41) is 6.11. The van der Waals surface area contributed by atoms with E-state index >= 15 is 0 Å². The SMILES string of the molecule is O=C(NC1CCCCCC1)c1nc(C(=O)NCc2ccncc2)n2c1CCCC2. The van der Waals surface area contributed by atoms with Crippen LogP contribution in [0.5, 0.6) is 0 Å². The van der Waals surface area contributed by atoms with E-state index in [0.29, 0.717) is 18.1 Å². The van der Waals surface area contributed by atoms with Crippen LogP contribution in [0.2, 0.25) is 0 Å². The first-order chi connectivity index (χ1) is 14.2. The molecule has 7 heteroatoms. The Kier molecular flexibility index (Phi) is 6.22. The Balaban J connectivity index is 1.50. The molecule has 1 aliphatic carbocycles. The molecule has 0 saturated heterocycles. The van der Waals surface area contributed by atoms with Gasteiger partial charge in [-0.15, -0.1) is 0 Å². The number of hydrogen-bond donors (Lipinski definition) is 2. The molecule has 1 saturated carbocycles. The Morgan fingerprint density at radius 2 is 1.76 bits per heavy atom. The summed E-state index contributed by atoms with van der Waals surface area (Å²) in [4.78, 5) is 34.3. The summed E-state index contributed by atoms with van der Waals surface area (Å²) in [6.45, 7) is 1.14. The van der Waals surface area contributed by atoms with Crippen LogP contribution in [0.25, 0.3) is 0 Å². The molecule has 4 rings (SSSR count). The first-order valence-corrected chi connectivity index (χ1v) is 10.8. The molecule has 154 valence electrons. The number of nitrogens with zero attached hydrogens (tertiary/aromatic N) is 3. The van der Waals surface area contributed by atoms with Crippen molar-refractivity contribution in [2.45, 2.75) is 76.9 Å². The third-order valence-electron chi connectivity index (χ3n) is 5.93. The van der Waals surface area contributed by atoms with Crippen LogP contribution >= 0.6 is 0 Å². The lowest BCUT2D eigenvalue weighted by atomic mass is 10.1. The second-order valence-corrected chi connectivity index (χ2v) is 8.04. The van der Waals surface area contributed by atoms with Crippen LogP contribution < -0.4 is 10.6 Å². The molecule has 0 radical (unpaired) electrons. The zero-order chi connectivity index (χ0) is 20.1. The van der Waals surface area contributed by atoms with E-state index in [4.69, 9.17) is 0 Å². The van der Waals surface area contributed by atoms with E-state index in [1.165, 1.54) is 12.8 Å². The van der Waals surface area contributed by atoms with Gasteiger partial charge in [-0.25, -0.2) is 4.98 Å². The van der Waals surface area contributed by atoms with Crippen molar-refractivity contribution in [1.29, 1.82) is 0 Å². The van der Waals surface area contributed by atoms with Crippen molar-refractivity contribution in [3.05, 3.63) is 47.3 Å². The molecule has 2 amide bonds. The van der Waals surface area contributed by atoms with Crippen molar-refractivity contribution in [3.8, 4) is 0 Å². The molecule has 1 fully saturated rings. The van der Waals surface area contributed by atoms with E-state index in [0.717, 1.165) is 62.7 Å². The van der Waals surface area contributed by atoms with E-state index in [1.54, 1.807) is 12.4 Å². The van der Waals surface area contributed by atoms with Crippen molar-refractivity contribution >= 4 is 11.8 Å². The number of carbonyl (C=O) groups is 2. The normalized spacial score (nSPS) is 17.2. The molecule has 0 spiro atoms. The largest absolute Gasteiger partial charge is 0.348 e. The molecular weight excluding hydrogens is 366 g/mol. The molecule has 3 heterocycles. The molecule has 1 aliphatic heterocycles. The summed E-state index contributed by atoms with van der Waals surface area (Å²) >= 11 is 0. The van der Waals surface area contributed by atoms with Gasteiger partial charge in [0.05, 0.1) is 5.69 Å². The van der Waals surface area contributed by atoms with E-state index < -0.39 is 0 Å². The van der Waals surface area contributed by atoms with E-state index in [2.05, 4.69) is 20.6 Å². The molecule has 0 atom stereocenters. The first-order valence-electron chi connectivity index (χ1n) is 10.8. The summed E-state index contributed by atoms with van der Waals surface area (Å²) in [5.74, 6) is -0.0195. The van der Waals surface area contributed by atoms with Crippen LogP contribution in [0.3, 0.4) is 0 Å². The molecule has 0 unspecified atom stereocenters. The van der Waals surface area contributed by atoms with Crippen molar-refractivity contribution in [3.63, 3.8) is 0 Å². The number of fused-ring (bicyclic) bond motifs is 1. The van der Waals surface area contributed by atoms with Gasteiger partial charge in [-0.1, -0.05) is 25.7 Å². The average molecular weight is 396 g/mol. The zero-order valence-corrected chi connectivity index (χ0v) is 16.8. The lowest BCUT2D eigenvalue weighted by Gasteiger charge is -2.18. The number of pyridine rings is 1.